The summed E-state index contributed by atoms with van der Waals surface area (Å²) in [6.45, 7) is 22.7. The summed E-state index contributed by atoms with van der Waals surface area (Å²) in [6.07, 6.45) is 4.36. The second-order valence-electron chi connectivity index (χ2n) is 3.27. The van der Waals surface area contributed by atoms with Crippen molar-refractivity contribution in [3.05, 3.63) is 36.5 Å². The third-order valence-electron chi connectivity index (χ3n) is 2.21. The average Bonchev–Trinajstić information content (AvgIpc) is 2.41. The van der Waals surface area contributed by atoms with E-state index < -0.39 is 0 Å². The molecule has 1 nitrogen and oxygen atoms in total. The fourth-order valence-electron chi connectivity index (χ4n) is 1.59. The lowest BCUT2D eigenvalue weighted by atomic mass is 9.93. The Morgan fingerprint density at radius 2 is 1.65 bits per heavy atom. The largest absolute Gasteiger partial charge is 0.312 e. The van der Waals surface area contributed by atoms with Crippen LogP contribution in [0.15, 0.2) is 36.5 Å². The van der Waals surface area contributed by atoms with Crippen LogP contribution in [-0.2, 0) is 0 Å². The standard InChI is InChI=1S/C10H17N.2C2H6.C2H4/c1-4-5-10-8(2)6-11-7-9(10)3;3*1-2/h4-5,8,11H,6-7H2,1-3H3;2*1-2H3;1-2H2/b5-4-;;;. The van der Waals surface area contributed by atoms with E-state index in [2.05, 4.69) is 51.4 Å². The van der Waals surface area contributed by atoms with E-state index in [4.69, 9.17) is 0 Å². The van der Waals surface area contributed by atoms with Gasteiger partial charge in [-0.1, -0.05) is 52.3 Å². The third-order valence-corrected chi connectivity index (χ3v) is 2.21. The number of hydrogen-bond donors (Lipinski definition) is 1. The van der Waals surface area contributed by atoms with Crippen molar-refractivity contribution in [1.82, 2.24) is 5.32 Å². The molecule has 0 aromatic rings. The maximum Gasteiger partial charge on any atom is 0.0168 e. The van der Waals surface area contributed by atoms with E-state index in [1.54, 1.807) is 0 Å². The van der Waals surface area contributed by atoms with Gasteiger partial charge in [-0.05, 0) is 25.3 Å². The van der Waals surface area contributed by atoms with Crippen LogP contribution >= 0.6 is 0 Å². The lowest BCUT2D eigenvalue weighted by molar-refractivity contribution is 0.562. The zero-order valence-electron chi connectivity index (χ0n) is 13.1. The maximum absolute atomic E-state index is 3.38. The molecule has 1 heterocycles. The summed E-state index contributed by atoms with van der Waals surface area (Å²) in [7, 11) is 0. The highest BCUT2D eigenvalue weighted by molar-refractivity contribution is 5.29. The molecule has 1 atom stereocenters. The SMILES string of the molecule is C/C=C\C1=C(C)CNCC1C.C=C.CC.CC. The molecule has 0 spiro atoms. The van der Waals surface area contributed by atoms with Gasteiger partial charge in [0.05, 0.1) is 0 Å². The number of allylic oxidation sites excluding steroid dienone is 2. The molecule has 0 radical (unpaired) electrons. The summed E-state index contributed by atoms with van der Waals surface area (Å²) < 4.78 is 0. The monoisotopic (exact) mass is 239 g/mol. The van der Waals surface area contributed by atoms with E-state index in [0.717, 1.165) is 13.1 Å². The molecule has 1 aliphatic heterocycles. The van der Waals surface area contributed by atoms with E-state index >= 15 is 0 Å². The Hall–Kier alpha value is -0.820. The molecule has 1 N–H and O–H groups in total. The Bertz CT molecular complexity index is 202. The summed E-state index contributed by atoms with van der Waals surface area (Å²) in [5.41, 5.74) is 3.01. The Morgan fingerprint density at radius 3 is 2.00 bits per heavy atom. The summed E-state index contributed by atoms with van der Waals surface area (Å²) in [5, 5.41) is 3.38. The third kappa shape index (κ3) is 10.1. The van der Waals surface area contributed by atoms with Gasteiger partial charge in [-0.3, -0.25) is 0 Å². The quantitative estimate of drug-likeness (QED) is 0.637. The molecule has 102 valence electrons. The molecule has 0 amide bonds. The van der Waals surface area contributed by atoms with Crippen LogP contribution < -0.4 is 5.32 Å². The Labute approximate surface area is 110 Å². The van der Waals surface area contributed by atoms with Crippen molar-refractivity contribution in [3.63, 3.8) is 0 Å². The molecule has 0 bridgehead atoms. The summed E-state index contributed by atoms with van der Waals surface area (Å²) >= 11 is 0. The molecule has 1 unspecified atom stereocenters. The second-order valence-corrected chi connectivity index (χ2v) is 3.27. The first-order chi connectivity index (χ1) is 8.25. The maximum atomic E-state index is 3.38. The predicted molar refractivity (Wildman–Crippen MR) is 83.5 cm³/mol. The molecule has 0 fully saturated rings. The molecule has 0 aromatic heterocycles. The van der Waals surface area contributed by atoms with Crippen LogP contribution in [-0.4, -0.2) is 13.1 Å². The fourth-order valence-corrected chi connectivity index (χ4v) is 1.59. The van der Waals surface area contributed by atoms with Gasteiger partial charge in [-0.25, -0.2) is 0 Å². The molecule has 1 rings (SSSR count). The molecule has 1 heteroatoms. The Balaban J connectivity index is -0.000000285. The normalized spacial score (nSPS) is 18.2. The summed E-state index contributed by atoms with van der Waals surface area (Å²) in [4.78, 5) is 0. The first-order valence-corrected chi connectivity index (χ1v) is 6.78. The van der Waals surface area contributed by atoms with Gasteiger partial charge in [0.15, 0.2) is 0 Å². The molecule has 0 saturated carbocycles. The van der Waals surface area contributed by atoms with E-state index in [1.165, 1.54) is 11.1 Å². The van der Waals surface area contributed by atoms with Crippen LogP contribution in [0.2, 0.25) is 0 Å². The van der Waals surface area contributed by atoms with Crippen molar-refractivity contribution < 1.29 is 0 Å². The zero-order chi connectivity index (χ0) is 14.3. The fraction of sp³-hybridized carbons (Fsp3) is 0.625. The van der Waals surface area contributed by atoms with Gasteiger partial charge < -0.3 is 5.32 Å². The van der Waals surface area contributed by atoms with Crippen LogP contribution in [0, 0.1) is 5.92 Å². The van der Waals surface area contributed by atoms with Crippen LogP contribution in [0.1, 0.15) is 48.5 Å². The molecule has 0 aliphatic carbocycles. The highest BCUT2D eigenvalue weighted by Gasteiger charge is 2.13. The van der Waals surface area contributed by atoms with Crippen LogP contribution in [0.25, 0.3) is 0 Å². The first kappa shape index (κ1) is 21.5. The first-order valence-electron chi connectivity index (χ1n) is 6.78. The predicted octanol–water partition coefficient (Wildman–Crippen LogP) is 4.97. The second kappa shape index (κ2) is 17.6. The summed E-state index contributed by atoms with van der Waals surface area (Å²) in [5.74, 6) is 0.681. The van der Waals surface area contributed by atoms with E-state index in [0.29, 0.717) is 5.92 Å². The highest BCUT2D eigenvalue weighted by atomic mass is 14.9. The Morgan fingerprint density at radius 1 is 1.18 bits per heavy atom. The molecular weight excluding hydrogens is 206 g/mol. The number of hydrogen-bond acceptors (Lipinski definition) is 1. The van der Waals surface area contributed by atoms with Crippen molar-refractivity contribution in [1.29, 1.82) is 0 Å². The zero-order valence-corrected chi connectivity index (χ0v) is 13.1. The lowest BCUT2D eigenvalue weighted by Crippen LogP contribution is -2.29. The summed E-state index contributed by atoms with van der Waals surface area (Å²) in [6, 6.07) is 0. The van der Waals surface area contributed by atoms with Crippen LogP contribution in [0.4, 0.5) is 0 Å². The molecule has 0 aromatic carbocycles. The van der Waals surface area contributed by atoms with Crippen molar-refractivity contribution >= 4 is 0 Å². The minimum atomic E-state index is 0.681. The molecule has 17 heavy (non-hydrogen) atoms. The van der Waals surface area contributed by atoms with Crippen molar-refractivity contribution in [3.8, 4) is 0 Å². The topological polar surface area (TPSA) is 12.0 Å². The Kier molecular flexibility index (Phi) is 22.2. The smallest absolute Gasteiger partial charge is 0.0168 e. The van der Waals surface area contributed by atoms with Gasteiger partial charge in [0.1, 0.15) is 0 Å². The van der Waals surface area contributed by atoms with Gasteiger partial charge in [-0.2, -0.15) is 0 Å². The number of nitrogens with one attached hydrogen (secondary N) is 1. The van der Waals surface area contributed by atoms with Gasteiger partial charge in [0.25, 0.3) is 0 Å². The minimum Gasteiger partial charge on any atom is -0.312 e. The van der Waals surface area contributed by atoms with Gasteiger partial charge in [0, 0.05) is 13.1 Å². The average molecular weight is 239 g/mol. The van der Waals surface area contributed by atoms with E-state index in [-0.39, 0.29) is 0 Å². The van der Waals surface area contributed by atoms with Crippen molar-refractivity contribution in [2.24, 2.45) is 5.92 Å². The lowest BCUT2D eigenvalue weighted by Gasteiger charge is -2.23. The van der Waals surface area contributed by atoms with Gasteiger partial charge in [0.2, 0.25) is 0 Å². The minimum absolute atomic E-state index is 0.681. The molecule has 1 aliphatic rings. The molecule has 0 saturated heterocycles. The number of rotatable bonds is 1. The molecular formula is C16H33N. The van der Waals surface area contributed by atoms with Crippen LogP contribution in [0.5, 0.6) is 0 Å². The van der Waals surface area contributed by atoms with Crippen molar-refractivity contribution in [2.75, 3.05) is 13.1 Å². The highest BCUT2D eigenvalue weighted by Crippen LogP contribution is 2.19. The van der Waals surface area contributed by atoms with E-state index in [9.17, 15) is 0 Å². The van der Waals surface area contributed by atoms with Gasteiger partial charge in [-0.15, -0.1) is 13.2 Å². The van der Waals surface area contributed by atoms with Gasteiger partial charge >= 0.3 is 0 Å². The van der Waals surface area contributed by atoms with E-state index in [1.807, 2.05) is 27.7 Å². The van der Waals surface area contributed by atoms with Crippen molar-refractivity contribution in [2.45, 2.75) is 48.5 Å². The van der Waals surface area contributed by atoms with Crippen LogP contribution in [0.3, 0.4) is 0 Å².